The molecule has 4 nitrogen and oxygen atoms in total. The average Bonchev–Trinajstić information content (AvgIpc) is 2.76. The fraction of sp³-hybridized carbons (Fsp3) is 0.438. The van der Waals surface area contributed by atoms with Crippen molar-refractivity contribution in [3.8, 4) is 0 Å². The van der Waals surface area contributed by atoms with E-state index < -0.39 is 0 Å². The Kier molecular flexibility index (Phi) is 4.17. The summed E-state index contributed by atoms with van der Waals surface area (Å²) in [6, 6.07) is 6.20. The molecule has 1 aromatic carbocycles. The zero-order valence-corrected chi connectivity index (χ0v) is 13.1. The molecule has 0 unspecified atom stereocenters. The molecule has 21 heavy (non-hydrogen) atoms. The SMILES string of the molecule is Cn1ncc2c1N(CCCCN)c1cc(Cl)ccc1CC2. The summed E-state index contributed by atoms with van der Waals surface area (Å²) in [5, 5.41) is 5.21. The van der Waals surface area contributed by atoms with Gasteiger partial charge < -0.3 is 10.6 Å². The van der Waals surface area contributed by atoms with Crippen molar-refractivity contribution in [3.63, 3.8) is 0 Å². The van der Waals surface area contributed by atoms with E-state index in [-0.39, 0.29) is 0 Å². The van der Waals surface area contributed by atoms with Gasteiger partial charge in [0.1, 0.15) is 5.82 Å². The summed E-state index contributed by atoms with van der Waals surface area (Å²) >= 11 is 6.23. The van der Waals surface area contributed by atoms with Gasteiger partial charge in [0.2, 0.25) is 0 Å². The number of nitrogens with two attached hydrogens (primary N) is 1. The Hall–Kier alpha value is -1.52. The highest BCUT2D eigenvalue weighted by atomic mass is 35.5. The third kappa shape index (κ3) is 2.78. The summed E-state index contributed by atoms with van der Waals surface area (Å²) in [6.07, 6.45) is 6.12. The van der Waals surface area contributed by atoms with E-state index in [0.717, 1.165) is 43.8 Å². The fourth-order valence-corrected chi connectivity index (χ4v) is 3.19. The number of rotatable bonds is 4. The van der Waals surface area contributed by atoms with Gasteiger partial charge in [-0.1, -0.05) is 17.7 Å². The van der Waals surface area contributed by atoms with Crippen molar-refractivity contribution in [2.45, 2.75) is 25.7 Å². The van der Waals surface area contributed by atoms with Gasteiger partial charge in [0.15, 0.2) is 0 Å². The maximum absolute atomic E-state index is 6.23. The van der Waals surface area contributed by atoms with Crippen LogP contribution in [0.3, 0.4) is 0 Å². The van der Waals surface area contributed by atoms with Crippen LogP contribution in [0, 0.1) is 0 Å². The summed E-state index contributed by atoms with van der Waals surface area (Å²) in [5.74, 6) is 1.19. The first-order valence-corrected chi connectivity index (χ1v) is 7.85. The van der Waals surface area contributed by atoms with Gasteiger partial charge in [-0.25, -0.2) is 0 Å². The Morgan fingerprint density at radius 3 is 2.86 bits per heavy atom. The number of fused-ring (bicyclic) bond motifs is 2. The fourth-order valence-electron chi connectivity index (χ4n) is 3.02. The summed E-state index contributed by atoms with van der Waals surface area (Å²) < 4.78 is 1.97. The first kappa shape index (κ1) is 14.4. The van der Waals surface area contributed by atoms with E-state index in [1.54, 1.807) is 0 Å². The van der Waals surface area contributed by atoms with Crippen molar-refractivity contribution in [1.82, 2.24) is 9.78 Å². The third-order valence-electron chi connectivity index (χ3n) is 4.07. The van der Waals surface area contributed by atoms with Crippen LogP contribution in [-0.4, -0.2) is 22.9 Å². The van der Waals surface area contributed by atoms with E-state index in [0.29, 0.717) is 0 Å². The van der Waals surface area contributed by atoms with Crippen molar-refractivity contribution in [1.29, 1.82) is 0 Å². The number of anilines is 2. The number of hydrogen-bond donors (Lipinski definition) is 1. The summed E-state index contributed by atoms with van der Waals surface area (Å²) in [7, 11) is 2.00. The highest BCUT2D eigenvalue weighted by Crippen LogP contribution is 2.37. The number of hydrogen-bond acceptors (Lipinski definition) is 3. The molecular formula is C16H21ClN4. The molecule has 0 amide bonds. The van der Waals surface area contributed by atoms with Gasteiger partial charge in [0.25, 0.3) is 0 Å². The second kappa shape index (κ2) is 6.08. The molecule has 0 atom stereocenters. The van der Waals surface area contributed by atoms with Crippen LogP contribution in [0.2, 0.25) is 5.02 Å². The van der Waals surface area contributed by atoms with Crippen molar-refractivity contribution in [2.24, 2.45) is 12.8 Å². The Morgan fingerprint density at radius 1 is 1.24 bits per heavy atom. The molecule has 0 saturated heterocycles. The predicted molar refractivity (Wildman–Crippen MR) is 87.4 cm³/mol. The Bertz CT molecular complexity index is 635. The van der Waals surface area contributed by atoms with E-state index in [1.165, 1.54) is 22.6 Å². The molecule has 3 rings (SSSR count). The van der Waals surface area contributed by atoms with Gasteiger partial charge in [-0.05, 0) is 49.9 Å². The van der Waals surface area contributed by atoms with Crippen molar-refractivity contribution >= 4 is 23.1 Å². The highest BCUT2D eigenvalue weighted by molar-refractivity contribution is 6.30. The molecule has 5 heteroatoms. The van der Waals surface area contributed by atoms with Gasteiger partial charge >= 0.3 is 0 Å². The molecule has 0 spiro atoms. The molecule has 0 saturated carbocycles. The minimum atomic E-state index is 0.731. The molecule has 1 aliphatic rings. The molecule has 0 bridgehead atoms. The number of aryl methyl sites for hydroxylation is 3. The van der Waals surface area contributed by atoms with E-state index in [9.17, 15) is 0 Å². The van der Waals surface area contributed by atoms with Crippen LogP contribution in [0.4, 0.5) is 11.5 Å². The van der Waals surface area contributed by atoms with Crippen LogP contribution < -0.4 is 10.6 Å². The van der Waals surface area contributed by atoms with Crippen molar-refractivity contribution in [3.05, 3.63) is 40.5 Å². The predicted octanol–water partition coefficient (Wildman–Crippen LogP) is 3.05. The lowest BCUT2D eigenvalue weighted by atomic mass is 10.1. The molecule has 1 aliphatic heterocycles. The summed E-state index contributed by atoms with van der Waals surface area (Å²) in [5.41, 5.74) is 9.50. The maximum Gasteiger partial charge on any atom is 0.134 e. The molecule has 2 N–H and O–H groups in total. The average molecular weight is 305 g/mol. The van der Waals surface area contributed by atoms with Crippen molar-refractivity contribution in [2.75, 3.05) is 18.0 Å². The molecular weight excluding hydrogens is 284 g/mol. The van der Waals surface area contributed by atoms with Crippen LogP contribution in [-0.2, 0) is 19.9 Å². The summed E-state index contributed by atoms with van der Waals surface area (Å²) in [6.45, 7) is 1.67. The minimum absolute atomic E-state index is 0.731. The Balaban J connectivity index is 2.05. The molecule has 0 radical (unpaired) electrons. The lowest BCUT2D eigenvalue weighted by Gasteiger charge is -2.26. The van der Waals surface area contributed by atoms with Gasteiger partial charge in [-0.15, -0.1) is 0 Å². The molecule has 0 fully saturated rings. The Morgan fingerprint density at radius 2 is 2.05 bits per heavy atom. The van der Waals surface area contributed by atoms with Gasteiger partial charge in [-0.3, -0.25) is 4.68 Å². The molecule has 1 aromatic heterocycles. The zero-order chi connectivity index (χ0) is 14.8. The van der Waals surface area contributed by atoms with Gasteiger partial charge in [0.05, 0.1) is 6.20 Å². The topological polar surface area (TPSA) is 47.1 Å². The number of unbranched alkanes of at least 4 members (excludes halogenated alkanes) is 1. The molecule has 2 heterocycles. The minimum Gasteiger partial charge on any atom is -0.330 e. The normalized spacial score (nSPS) is 13.8. The highest BCUT2D eigenvalue weighted by Gasteiger charge is 2.23. The number of halogens is 1. The van der Waals surface area contributed by atoms with Crippen LogP contribution in [0.1, 0.15) is 24.0 Å². The van der Waals surface area contributed by atoms with Gasteiger partial charge in [-0.2, -0.15) is 5.10 Å². The smallest absolute Gasteiger partial charge is 0.134 e. The van der Waals surface area contributed by atoms with Gasteiger partial charge in [0, 0.05) is 29.9 Å². The number of aromatic nitrogens is 2. The Labute approximate surface area is 130 Å². The molecule has 112 valence electrons. The standard InChI is InChI=1S/C16H21ClN4/c1-20-16-13(11-19-20)5-4-12-6-7-14(17)10-15(12)21(16)9-3-2-8-18/h6-7,10-11H,2-5,8-9,18H2,1H3. The third-order valence-corrected chi connectivity index (χ3v) is 4.31. The van der Waals surface area contributed by atoms with Crippen LogP contribution in [0.25, 0.3) is 0 Å². The number of benzene rings is 1. The first-order chi connectivity index (χ1) is 10.2. The molecule has 0 aliphatic carbocycles. The largest absolute Gasteiger partial charge is 0.330 e. The monoisotopic (exact) mass is 304 g/mol. The van der Waals surface area contributed by atoms with E-state index in [1.807, 2.05) is 24.0 Å². The quantitative estimate of drug-likeness (QED) is 0.883. The summed E-state index contributed by atoms with van der Waals surface area (Å²) in [4.78, 5) is 2.35. The van der Waals surface area contributed by atoms with Crippen molar-refractivity contribution < 1.29 is 0 Å². The lowest BCUT2D eigenvalue weighted by Crippen LogP contribution is -2.23. The van der Waals surface area contributed by atoms with E-state index in [2.05, 4.69) is 22.1 Å². The first-order valence-electron chi connectivity index (χ1n) is 7.47. The zero-order valence-electron chi connectivity index (χ0n) is 12.3. The second-order valence-electron chi connectivity index (χ2n) is 5.54. The number of nitrogens with zero attached hydrogens (tertiary/aromatic N) is 3. The van der Waals surface area contributed by atoms with E-state index >= 15 is 0 Å². The van der Waals surface area contributed by atoms with Crippen LogP contribution in [0.15, 0.2) is 24.4 Å². The van der Waals surface area contributed by atoms with Crippen LogP contribution in [0.5, 0.6) is 0 Å². The second-order valence-corrected chi connectivity index (χ2v) is 5.97. The van der Waals surface area contributed by atoms with Crippen LogP contribution >= 0.6 is 11.6 Å². The van der Waals surface area contributed by atoms with E-state index in [4.69, 9.17) is 17.3 Å². The molecule has 2 aromatic rings. The lowest BCUT2D eigenvalue weighted by molar-refractivity contribution is 0.704. The maximum atomic E-state index is 6.23.